The van der Waals surface area contributed by atoms with Crippen molar-refractivity contribution >= 4 is 5.91 Å². The molecule has 0 bridgehead atoms. The first kappa shape index (κ1) is 14.8. The van der Waals surface area contributed by atoms with E-state index in [2.05, 4.69) is 10.3 Å². The number of carbonyl (C=O) groups is 1. The van der Waals surface area contributed by atoms with E-state index < -0.39 is 24.9 Å². The van der Waals surface area contributed by atoms with Gasteiger partial charge in [-0.3, -0.25) is 9.78 Å². The molecule has 1 saturated heterocycles. The molecule has 0 spiro atoms. The van der Waals surface area contributed by atoms with Crippen molar-refractivity contribution in [3.63, 3.8) is 0 Å². The van der Waals surface area contributed by atoms with Crippen molar-refractivity contribution < 1.29 is 18.0 Å². The number of nitrogens with one attached hydrogen (secondary N) is 1. The number of nitrogens with zero attached hydrogens (tertiary/aromatic N) is 2. The van der Waals surface area contributed by atoms with E-state index in [0.717, 1.165) is 5.56 Å². The highest BCUT2D eigenvalue weighted by atomic mass is 19.4. The third-order valence-corrected chi connectivity index (χ3v) is 3.28. The number of aromatic nitrogens is 1. The summed E-state index contributed by atoms with van der Waals surface area (Å²) in [6, 6.07) is 3.33. The maximum absolute atomic E-state index is 12.2. The molecule has 1 fully saturated rings. The van der Waals surface area contributed by atoms with Gasteiger partial charge in [0, 0.05) is 38.4 Å². The average molecular weight is 287 g/mol. The van der Waals surface area contributed by atoms with Gasteiger partial charge in [0.05, 0.1) is 12.5 Å². The van der Waals surface area contributed by atoms with Gasteiger partial charge in [-0.25, -0.2) is 0 Å². The first-order chi connectivity index (χ1) is 9.47. The fraction of sp³-hybridized carbons (Fsp3) is 0.538. The fourth-order valence-electron chi connectivity index (χ4n) is 2.28. The van der Waals surface area contributed by atoms with Crippen LogP contribution in [0.5, 0.6) is 0 Å². The molecular weight excluding hydrogens is 271 g/mol. The number of hydrogen-bond donors (Lipinski definition) is 1. The van der Waals surface area contributed by atoms with E-state index in [4.69, 9.17) is 0 Å². The van der Waals surface area contributed by atoms with E-state index in [1.807, 2.05) is 0 Å². The summed E-state index contributed by atoms with van der Waals surface area (Å²) in [5, 5.41) is 3.15. The second kappa shape index (κ2) is 6.21. The second-order valence-electron chi connectivity index (χ2n) is 4.70. The molecule has 1 aromatic heterocycles. The standard InChI is InChI=1S/C13H16F3N3O/c14-13(15,16)4-1-12(20)19-8-7-18-9-11(19)10-2-5-17-6-3-10/h2-3,5-6,11,18H,1,4,7-9H2. The van der Waals surface area contributed by atoms with Gasteiger partial charge in [-0.1, -0.05) is 0 Å². The number of halogens is 3. The molecule has 1 aliphatic heterocycles. The van der Waals surface area contributed by atoms with Gasteiger partial charge in [0.1, 0.15) is 0 Å². The highest BCUT2D eigenvalue weighted by Crippen LogP contribution is 2.26. The SMILES string of the molecule is O=C(CCC(F)(F)F)N1CCNCC1c1ccncc1. The van der Waals surface area contributed by atoms with Gasteiger partial charge in [0.2, 0.25) is 5.91 Å². The molecule has 1 aliphatic rings. The second-order valence-corrected chi connectivity index (χ2v) is 4.70. The molecule has 1 amide bonds. The summed E-state index contributed by atoms with van der Waals surface area (Å²) in [6.45, 7) is 1.56. The van der Waals surface area contributed by atoms with Gasteiger partial charge in [-0.2, -0.15) is 13.2 Å². The lowest BCUT2D eigenvalue weighted by Crippen LogP contribution is -2.48. The Morgan fingerprint density at radius 3 is 2.75 bits per heavy atom. The molecule has 4 nitrogen and oxygen atoms in total. The Morgan fingerprint density at radius 2 is 2.10 bits per heavy atom. The molecular formula is C13H16F3N3O. The minimum atomic E-state index is -4.30. The van der Waals surface area contributed by atoms with Crippen LogP contribution in [-0.2, 0) is 4.79 Å². The first-order valence-electron chi connectivity index (χ1n) is 6.44. The Bertz CT molecular complexity index is 450. The quantitative estimate of drug-likeness (QED) is 0.923. The number of carbonyl (C=O) groups excluding carboxylic acids is 1. The van der Waals surface area contributed by atoms with Crippen molar-refractivity contribution in [1.82, 2.24) is 15.2 Å². The number of rotatable bonds is 3. The maximum atomic E-state index is 12.2. The highest BCUT2D eigenvalue weighted by molar-refractivity contribution is 5.77. The van der Waals surface area contributed by atoms with E-state index >= 15 is 0 Å². The molecule has 1 atom stereocenters. The Kier molecular flexibility index (Phi) is 4.59. The molecule has 1 N–H and O–H groups in total. The molecule has 0 aromatic carbocycles. The smallest absolute Gasteiger partial charge is 0.333 e. The van der Waals surface area contributed by atoms with Crippen molar-refractivity contribution in [1.29, 1.82) is 0 Å². The van der Waals surface area contributed by atoms with E-state index in [9.17, 15) is 18.0 Å². The first-order valence-corrected chi connectivity index (χ1v) is 6.44. The van der Waals surface area contributed by atoms with Crippen LogP contribution in [0.3, 0.4) is 0 Å². The van der Waals surface area contributed by atoms with Crippen LogP contribution in [0, 0.1) is 0 Å². The summed E-state index contributed by atoms with van der Waals surface area (Å²) in [7, 11) is 0. The van der Waals surface area contributed by atoms with Crippen LogP contribution in [0.1, 0.15) is 24.4 Å². The van der Waals surface area contributed by atoms with Gasteiger partial charge in [0.25, 0.3) is 0 Å². The lowest BCUT2D eigenvalue weighted by Gasteiger charge is -2.36. The molecule has 110 valence electrons. The Labute approximate surface area is 115 Å². The summed E-state index contributed by atoms with van der Waals surface area (Å²) < 4.78 is 36.6. The summed E-state index contributed by atoms with van der Waals surface area (Å²) >= 11 is 0. The summed E-state index contributed by atoms with van der Waals surface area (Å²) in [5.74, 6) is -0.453. The third-order valence-electron chi connectivity index (χ3n) is 3.28. The van der Waals surface area contributed by atoms with Crippen molar-refractivity contribution in [3.05, 3.63) is 30.1 Å². The van der Waals surface area contributed by atoms with Crippen LogP contribution in [0.4, 0.5) is 13.2 Å². The average Bonchev–Trinajstić information content (AvgIpc) is 2.45. The van der Waals surface area contributed by atoms with Crippen LogP contribution < -0.4 is 5.32 Å². The largest absolute Gasteiger partial charge is 0.389 e. The normalized spacial score (nSPS) is 19.9. The predicted octanol–water partition coefficient (Wildman–Crippen LogP) is 1.90. The van der Waals surface area contributed by atoms with Gasteiger partial charge < -0.3 is 10.2 Å². The van der Waals surface area contributed by atoms with Gasteiger partial charge in [0.15, 0.2) is 0 Å². The van der Waals surface area contributed by atoms with E-state index in [-0.39, 0.29) is 6.04 Å². The zero-order chi connectivity index (χ0) is 14.6. The van der Waals surface area contributed by atoms with Crippen LogP contribution in [-0.4, -0.2) is 41.6 Å². The van der Waals surface area contributed by atoms with Crippen LogP contribution >= 0.6 is 0 Å². The minimum absolute atomic E-state index is 0.229. The highest BCUT2D eigenvalue weighted by Gasteiger charge is 2.32. The third kappa shape index (κ3) is 3.93. The molecule has 0 radical (unpaired) electrons. The van der Waals surface area contributed by atoms with Gasteiger partial charge in [-0.05, 0) is 17.7 Å². The van der Waals surface area contributed by atoms with E-state index in [1.54, 1.807) is 24.5 Å². The number of piperazine rings is 1. The Morgan fingerprint density at radius 1 is 1.40 bits per heavy atom. The molecule has 1 unspecified atom stereocenters. The predicted molar refractivity (Wildman–Crippen MR) is 66.8 cm³/mol. The summed E-state index contributed by atoms with van der Waals surface area (Å²) in [6.07, 6.45) is -2.63. The van der Waals surface area contributed by atoms with Crippen molar-refractivity contribution in [2.75, 3.05) is 19.6 Å². The molecule has 7 heteroatoms. The van der Waals surface area contributed by atoms with Crippen LogP contribution in [0.25, 0.3) is 0 Å². The lowest BCUT2D eigenvalue weighted by atomic mass is 10.0. The molecule has 1 aromatic rings. The lowest BCUT2D eigenvalue weighted by molar-refractivity contribution is -0.151. The van der Waals surface area contributed by atoms with Gasteiger partial charge in [-0.15, -0.1) is 0 Å². The Balaban J connectivity index is 2.05. The number of pyridine rings is 1. The topological polar surface area (TPSA) is 45.2 Å². The molecule has 2 heterocycles. The van der Waals surface area contributed by atoms with E-state index in [0.29, 0.717) is 19.6 Å². The monoisotopic (exact) mass is 287 g/mol. The molecule has 0 saturated carbocycles. The summed E-state index contributed by atoms with van der Waals surface area (Å²) in [5.41, 5.74) is 0.882. The zero-order valence-corrected chi connectivity index (χ0v) is 10.9. The molecule has 20 heavy (non-hydrogen) atoms. The number of hydrogen-bond acceptors (Lipinski definition) is 3. The van der Waals surface area contributed by atoms with E-state index in [1.165, 1.54) is 4.90 Å². The zero-order valence-electron chi connectivity index (χ0n) is 10.9. The van der Waals surface area contributed by atoms with Crippen LogP contribution in [0.15, 0.2) is 24.5 Å². The van der Waals surface area contributed by atoms with Crippen molar-refractivity contribution in [2.45, 2.75) is 25.1 Å². The van der Waals surface area contributed by atoms with Crippen molar-refractivity contribution in [3.8, 4) is 0 Å². The van der Waals surface area contributed by atoms with Crippen molar-refractivity contribution in [2.24, 2.45) is 0 Å². The minimum Gasteiger partial charge on any atom is -0.333 e. The summed E-state index contributed by atoms with van der Waals surface area (Å²) in [4.78, 5) is 17.4. The number of alkyl halides is 3. The molecule has 2 rings (SSSR count). The fourth-order valence-corrected chi connectivity index (χ4v) is 2.28. The van der Waals surface area contributed by atoms with Crippen LogP contribution in [0.2, 0.25) is 0 Å². The molecule has 0 aliphatic carbocycles. The van der Waals surface area contributed by atoms with Gasteiger partial charge >= 0.3 is 6.18 Å². The Hall–Kier alpha value is -1.63. The number of amides is 1. The maximum Gasteiger partial charge on any atom is 0.389 e.